The molecule has 0 atom stereocenters. The number of fused-ring (bicyclic) bond motifs is 1. The van der Waals surface area contributed by atoms with Crippen molar-refractivity contribution in [3.63, 3.8) is 0 Å². The lowest BCUT2D eigenvalue weighted by Gasteiger charge is -1.98. The summed E-state index contributed by atoms with van der Waals surface area (Å²) in [5.74, 6) is 0. The summed E-state index contributed by atoms with van der Waals surface area (Å²) in [6.07, 6.45) is 5.43. The molecule has 94 valence electrons. The molecular weight excluding hydrogens is 304 g/mol. The number of nitrogens with zero attached hydrogens (tertiary/aromatic N) is 2. The maximum Gasteiger partial charge on any atom is 0.137 e. The second-order valence-corrected chi connectivity index (χ2v) is 4.95. The molecule has 0 radical (unpaired) electrons. The van der Waals surface area contributed by atoms with E-state index in [4.69, 9.17) is 0 Å². The Balaban J connectivity index is 1.83. The Labute approximate surface area is 118 Å². The topological polar surface area (TPSA) is 53.1 Å². The first kappa shape index (κ1) is 11.9. The number of pyridine rings is 1. The second kappa shape index (κ2) is 5.24. The molecule has 0 spiro atoms. The van der Waals surface area contributed by atoms with Gasteiger partial charge in [-0.3, -0.25) is 5.43 Å². The standard InChI is InChI=1S/C14H11BrN4/c15-11-6-13-10(7-16-14(13)17-9-11)8-18-19-12-4-2-1-3-5-12/h1-9,19H,(H,16,17)/b18-8+. The smallest absolute Gasteiger partial charge is 0.137 e. The lowest BCUT2D eigenvalue weighted by atomic mass is 10.2. The maximum absolute atomic E-state index is 4.28. The van der Waals surface area contributed by atoms with E-state index in [1.807, 2.05) is 42.6 Å². The highest BCUT2D eigenvalue weighted by Gasteiger charge is 2.02. The van der Waals surface area contributed by atoms with Crippen LogP contribution in [0.25, 0.3) is 11.0 Å². The van der Waals surface area contributed by atoms with E-state index in [9.17, 15) is 0 Å². The number of hydrazone groups is 1. The van der Waals surface area contributed by atoms with Gasteiger partial charge in [0.15, 0.2) is 0 Å². The van der Waals surface area contributed by atoms with Crippen molar-refractivity contribution in [1.82, 2.24) is 9.97 Å². The minimum Gasteiger partial charge on any atom is -0.345 e. The van der Waals surface area contributed by atoms with Crippen LogP contribution in [-0.4, -0.2) is 16.2 Å². The van der Waals surface area contributed by atoms with Gasteiger partial charge < -0.3 is 4.98 Å². The first-order valence-electron chi connectivity index (χ1n) is 5.80. The third-order valence-electron chi connectivity index (χ3n) is 2.70. The van der Waals surface area contributed by atoms with Gasteiger partial charge in [0.05, 0.1) is 11.9 Å². The van der Waals surface area contributed by atoms with Gasteiger partial charge in [-0.25, -0.2) is 4.98 Å². The van der Waals surface area contributed by atoms with Crippen molar-refractivity contribution in [1.29, 1.82) is 0 Å². The van der Waals surface area contributed by atoms with Gasteiger partial charge in [0, 0.05) is 27.8 Å². The maximum atomic E-state index is 4.28. The summed E-state index contributed by atoms with van der Waals surface area (Å²) in [7, 11) is 0. The predicted octanol–water partition coefficient (Wildman–Crippen LogP) is 3.77. The third-order valence-corrected chi connectivity index (χ3v) is 3.13. The summed E-state index contributed by atoms with van der Waals surface area (Å²) in [6.45, 7) is 0. The van der Waals surface area contributed by atoms with Crippen LogP contribution in [0.4, 0.5) is 5.69 Å². The molecule has 0 aliphatic carbocycles. The van der Waals surface area contributed by atoms with Crippen LogP contribution in [0.5, 0.6) is 0 Å². The molecule has 2 aromatic heterocycles. The molecule has 0 aliphatic heterocycles. The number of halogens is 1. The summed E-state index contributed by atoms with van der Waals surface area (Å²) in [5, 5.41) is 5.26. The lowest BCUT2D eigenvalue weighted by molar-refractivity contribution is 1.31. The Morgan fingerprint density at radius 2 is 2.11 bits per heavy atom. The van der Waals surface area contributed by atoms with E-state index in [0.717, 1.165) is 26.8 Å². The first-order chi connectivity index (χ1) is 9.33. The number of para-hydroxylation sites is 1. The molecule has 0 bridgehead atoms. The van der Waals surface area contributed by atoms with Crippen LogP contribution in [0.2, 0.25) is 0 Å². The number of anilines is 1. The van der Waals surface area contributed by atoms with Gasteiger partial charge in [0.2, 0.25) is 0 Å². The molecule has 3 rings (SSSR count). The highest BCUT2D eigenvalue weighted by Crippen LogP contribution is 2.19. The molecule has 0 aliphatic rings. The fourth-order valence-electron chi connectivity index (χ4n) is 1.79. The van der Waals surface area contributed by atoms with Crippen molar-refractivity contribution in [3.05, 3.63) is 58.8 Å². The predicted molar refractivity (Wildman–Crippen MR) is 81.5 cm³/mol. The van der Waals surface area contributed by atoms with Crippen LogP contribution in [0.3, 0.4) is 0 Å². The number of rotatable bonds is 3. The van der Waals surface area contributed by atoms with Crippen LogP contribution in [-0.2, 0) is 0 Å². The van der Waals surface area contributed by atoms with Crippen LogP contribution < -0.4 is 5.43 Å². The largest absolute Gasteiger partial charge is 0.345 e. The van der Waals surface area contributed by atoms with Gasteiger partial charge in [-0.15, -0.1) is 0 Å². The van der Waals surface area contributed by atoms with Gasteiger partial charge in [0.1, 0.15) is 5.65 Å². The van der Waals surface area contributed by atoms with E-state index in [0.29, 0.717) is 0 Å². The van der Waals surface area contributed by atoms with Crippen molar-refractivity contribution in [3.8, 4) is 0 Å². The third kappa shape index (κ3) is 2.66. The Bertz CT molecular complexity index is 719. The highest BCUT2D eigenvalue weighted by atomic mass is 79.9. The molecule has 2 heterocycles. The summed E-state index contributed by atoms with van der Waals surface area (Å²) in [4.78, 5) is 7.40. The number of hydrogen-bond donors (Lipinski definition) is 2. The summed E-state index contributed by atoms with van der Waals surface area (Å²) in [6, 6.07) is 11.8. The quantitative estimate of drug-likeness (QED) is 0.571. The Hall–Kier alpha value is -2.14. The van der Waals surface area contributed by atoms with E-state index >= 15 is 0 Å². The van der Waals surface area contributed by atoms with Crippen LogP contribution in [0, 0.1) is 0 Å². The molecule has 19 heavy (non-hydrogen) atoms. The van der Waals surface area contributed by atoms with E-state index < -0.39 is 0 Å². The first-order valence-corrected chi connectivity index (χ1v) is 6.59. The average molecular weight is 315 g/mol. The number of H-pyrrole nitrogens is 1. The van der Waals surface area contributed by atoms with Gasteiger partial charge in [-0.1, -0.05) is 18.2 Å². The van der Waals surface area contributed by atoms with Gasteiger partial charge in [-0.05, 0) is 34.1 Å². The molecule has 0 saturated carbocycles. The Kier molecular flexibility index (Phi) is 3.29. The summed E-state index contributed by atoms with van der Waals surface area (Å²) >= 11 is 3.42. The zero-order chi connectivity index (χ0) is 13.1. The molecule has 4 nitrogen and oxygen atoms in total. The minimum atomic E-state index is 0.851. The van der Waals surface area contributed by atoms with E-state index in [1.54, 1.807) is 12.4 Å². The SMILES string of the molecule is Brc1cnc2[nH]cc(/C=N/Nc3ccccc3)c2c1. The van der Waals surface area contributed by atoms with Gasteiger partial charge in [0.25, 0.3) is 0 Å². The number of aromatic amines is 1. The van der Waals surface area contributed by atoms with Crippen LogP contribution in [0.1, 0.15) is 5.56 Å². The Morgan fingerprint density at radius 3 is 2.95 bits per heavy atom. The van der Waals surface area contributed by atoms with Crippen molar-refractivity contribution in [2.75, 3.05) is 5.43 Å². The molecule has 1 aromatic carbocycles. The molecule has 0 saturated heterocycles. The van der Waals surface area contributed by atoms with Gasteiger partial charge >= 0.3 is 0 Å². The normalized spacial score (nSPS) is 11.2. The molecule has 0 amide bonds. The number of aromatic nitrogens is 2. The monoisotopic (exact) mass is 314 g/mol. The van der Waals surface area contributed by atoms with E-state index in [2.05, 4.69) is 36.4 Å². The molecule has 0 unspecified atom stereocenters. The molecular formula is C14H11BrN4. The number of hydrogen-bond acceptors (Lipinski definition) is 3. The van der Waals surface area contributed by atoms with E-state index in [1.165, 1.54) is 0 Å². The summed E-state index contributed by atoms with van der Waals surface area (Å²) in [5.41, 5.74) is 5.79. The van der Waals surface area contributed by atoms with Crippen molar-refractivity contribution in [2.45, 2.75) is 0 Å². The summed E-state index contributed by atoms with van der Waals surface area (Å²) < 4.78 is 0.949. The Morgan fingerprint density at radius 1 is 1.26 bits per heavy atom. The zero-order valence-corrected chi connectivity index (χ0v) is 11.6. The number of benzene rings is 1. The van der Waals surface area contributed by atoms with E-state index in [-0.39, 0.29) is 0 Å². The fraction of sp³-hybridized carbons (Fsp3) is 0. The molecule has 5 heteroatoms. The van der Waals surface area contributed by atoms with Crippen molar-refractivity contribution in [2.24, 2.45) is 5.10 Å². The lowest BCUT2D eigenvalue weighted by Crippen LogP contribution is -1.89. The molecule has 2 N–H and O–H groups in total. The molecule has 0 fully saturated rings. The van der Waals surface area contributed by atoms with Crippen molar-refractivity contribution < 1.29 is 0 Å². The number of nitrogens with one attached hydrogen (secondary N) is 2. The minimum absolute atomic E-state index is 0.851. The molecule has 3 aromatic rings. The van der Waals surface area contributed by atoms with Crippen molar-refractivity contribution >= 4 is 38.9 Å². The average Bonchev–Trinajstić information content (AvgIpc) is 2.83. The second-order valence-electron chi connectivity index (χ2n) is 4.03. The fourth-order valence-corrected chi connectivity index (χ4v) is 2.13. The zero-order valence-electron chi connectivity index (χ0n) is 9.97. The highest BCUT2D eigenvalue weighted by molar-refractivity contribution is 9.10. The van der Waals surface area contributed by atoms with Crippen LogP contribution >= 0.6 is 15.9 Å². The van der Waals surface area contributed by atoms with Crippen LogP contribution in [0.15, 0.2) is 58.4 Å². The van der Waals surface area contributed by atoms with Gasteiger partial charge in [-0.2, -0.15) is 5.10 Å².